The number of anilines is 1. The molecule has 1 saturated heterocycles. The first kappa shape index (κ1) is 19.8. The normalized spacial score (nSPS) is 15.5. The number of carbonyl (C=O) groups is 2. The molecule has 0 bridgehead atoms. The third-order valence-electron chi connectivity index (χ3n) is 4.54. The standard InChI is InChI=1S/C19H23BrN4O2S/c1-13-12-27-19(21-13)24-9-7-23(8-10-24)18(26)11-17(22-14(2)25)15-3-5-16(20)6-4-15/h3-6,12,17H,7-11H2,1-2H3,(H,22,25). The average molecular weight is 451 g/mol. The minimum atomic E-state index is -0.317. The highest BCUT2D eigenvalue weighted by atomic mass is 79.9. The van der Waals surface area contributed by atoms with Gasteiger partial charge in [0.1, 0.15) is 0 Å². The van der Waals surface area contributed by atoms with Gasteiger partial charge in [0.15, 0.2) is 5.13 Å². The third kappa shape index (κ3) is 5.29. The van der Waals surface area contributed by atoms with Crippen LogP contribution >= 0.6 is 27.3 Å². The highest BCUT2D eigenvalue weighted by molar-refractivity contribution is 9.10. The second-order valence-electron chi connectivity index (χ2n) is 6.65. The zero-order chi connectivity index (χ0) is 19.4. The van der Waals surface area contributed by atoms with Crippen LogP contribution < -0.4 is 10.2 Å². The first-order valence-electron chi connectivity index (χ1n) is 8.90. The number of hydrogen-bond donors (Lipinski definition) is 1. The Kier molecular flexibility index (Phi) is 6.49. The number of hydrogen-bond acceptors (Lipinski definition) is 5. The molecule has 1 aromatic heterocycles. The number of benzene rings is 1. The van der Waals surface area contributed by atoms with Gasteiger partial charge >= 0.3 is 0 Å². The Bertz CT molecular complexity index is 800. The summed E-state index contributed by atoms with van der Waals surface area (Å²) in [5.74, 6) is -0.0775. The predicted molar refractivity (Wildman–Crippen MR) is 111 cm³/mol. The molecular weight excluding hydrogens is 428 g/mol. The molecule has 2 heterocycles. The van der Waals surface area contributed by atoms with Crippen molar-refractivity contribution < 1.29 is 9.59 Å². The van der Waals surface area contributed by atoms with Gasteiger partial charge in [0.2, 0.25) is 11.8 Å². The molecule has 1 unspecified atom stereocenters. The number of nitrogens with zero attached hydrogens (tertiary/aromatic N) is 3. The molecule has 8 heteroatoms. The largest absolute Gasteiger partial charge is 0.349 e. The van der Waals surface area contributed by atoms with Crippen LogP contribution in [0.2, 0.25) is 0 Å². The minimum absolute atomic E-state index is 0.0617. The van der Waals surface area contributed by atoms with E-state index in [1.54, 1.807) is 11.3 Å². The fourth-order valence-corrected chi connectivity index (χ4v) is 4.25. The molecule has 1 aliphatic heterocycles. The molecule has 1 aromatic carbocycles. The van der Waals surface area contributed by atoms with Gasteiger partial charge in [0, 0.05) is 43.0 Å². The number of amides is 2. The smallest absolute Gasteiger partial charge is 0.225 e. The molecule has 0 spiro atoms. The lowest BCUT2D eigenvalue weighted by molar-refractivity contribution is -0.132. The molecule has 27 heavy (non-hydrogen) atoms. The Labute approximate surface area is 171 Å². The maximum atomic E-state index is 12.8. The lowest BCUT2D eigenvalue weighted by atomic mass is 10.0. The first-order valence-corrected chi connectivity index (χ1v) is 10.6. The number of piperazine rings is 1. The molecule has 0 aliphatic carbocycles. The van der Waals surface area contributed by atoms with Gasteiger partial charge in [-0.15, -0.1) is 11.3 Å². The van der Waals surface area contributed by atoms with Crippen molar-refractivity contribution in [3.8, 4) is 0 Å². The number of thiazole rings is 1. The predicted octanol–water partition coefficient (Wildman–Crippen LogP) is 3.13. The fourth-order valence-electron chi connectivity index (χ4n) is 3.13. The van der Waals surface area contributed by atoms with Crippen LogP contribution in [0.3, 0.4) is 0 Å². The molecule has 2 amide bonds. The van der Waals surface area contributed by atoms with Gasteiger partial charge < -0.3 is 15.1 Å². The van der Waals surface area contributed by atoms with Crippen LogP contribution in [0.4, 0.5) is 5.13 Å². The lowest BCUT2D eigenvalue weighted by Gasteiger charge is -2.35. The second-order valence-corrected chi connectivity index (χ2v) is 8.40. The quantitative estimate of drug-likeness (QED) is 0.759. The van der Waals surface area contributed by atoms with Crippen LogP contribution in [0.25, 0.3) is 0 Å². The Balaban J connectivity index is 1.60. The van der Waals surface area contributed by atoms with Gasteiger partial charge in [-0.2, -0.15) is 0 Å². The topological polar surface area (TPSA) is 65.5 Å². The van der Waals surface area contributed by atoms with E-state index in [4.69, 9.17) is 0 Å². The lowest BCUT2D eigenvalue weighted by Crippen LogP contribution is -2.49. The monoisotopic (exact) mass is 450 g/mol. The van der Waals surface area contributed by atoms with Crippen LogP contribution in [0.5, 0.6) is 0 Å². The van der Waals surface area contributed by atoms with Crippen molar-refractivity contribution in [1.82, 2.24) is 15.2 Å². The number of halogens is 1. The highest BCUT2D eigenvalue weighted by Crippen LogP contribution is 2.23. The van der Waals surface area contributed by atoms with E-state index in [1.807, 2.05) is 41.5 Å². The van der Waals surface area contributed by atoms with E-state index in [0.717, 1.165) is 34.0 Å². The fraction of sp³-hybridized carbons (Fsp3) is 0.421. The molecule has 1 N–H and O–H groups in total. The van der Waals surface area contributed by atoms with Gasteiger partial charge in [0.05, 0.1) is 18.2 Å². The van der Waals surface area contributed by atoms with Gasteiger partial charge in [0.25, 0.3) is 0 Å². The Morgan fingerprint density at radius 1 is 1.22 bits per heavy atom. The number of carbonyl (C=O) groups excluding carboxylic acids is 2. The Morgan fingerprint density at radius 2 is 1.89 bits per heavy atom. The van der Waals surface area contributed by atoms with Crippen molar-refractivity contribution >= 4 is 44.2 Å². The molecule has 0 saturated carbocycles. The van der Waals surface area contributed by atoms with Crippen molar-refractivity contribution in [1.29, 1.82) is 0 Å². The summed E-state index contributed by atoms with van der Waals surface area (Å²) in [6, 6.07) is 7.39. The van der Waals surface area contributed by atoms with Crippen LogP contribution in [0.15, 0.2) is 34.1 Å². The third-order valence-corrected chi connectivity index (χ3v) is 6.09. The van der Waals surface area contributed by atoms with E-state index in [1.165, 1.54) is 6.92 Å². The Morgan fingerprint density at radius 3 is 2.44 bits per heavy atom. The summed E-state index contributed by atoms with van der Waals surface area (Å²) < 4.78 is 0.965. The van der Waals surface area contributed by atoms with Gasteiger partial charge in [-0.05, 0) is 24.6 Å². The number of rotatable bonds is 5. The summed E-state index contributed by atoms with van der Waals surface area (Å²) in [4.78, 5) is 33.0. The minimum Gasteiger partial charge on any atom is -0.349 e. The van der Waals surface area contributed by atoms with Crippen LogP contribution in [0, 0.1) is 6.92 Å². The van der Waals surface area contributed by atoms with Crippen molar-refractivity contribution in [2.75, 3.05) is 31.1 Å². The van der Waals surface area contributed by atoms with Gasteiger partial charge in [-0.25, -0.2) is 4.98 Å². The van der Waals surface area contributed by atoms with E-state index in [9.17, 15) is 9.59 Å². The van der Waals surface area contributed by atoms with Gasteiger partial charge in [-0.1, -0.05) is 28.1 Å². The summed E-state index contributed by atoms with van der Waals surface area (Å²) in [6.07, 6.45) is 0.261. The average Bonchev–Trinajstić information content (AvgIpc) is 3.08. The van der Waals surface area contributed by atoms with E-state index in [0.29, 0.717) is 13.1 Å². The summed E-state index contributed by atoms with van der Waals surface area (Å²) in [5.41, 5.74) is 1.96. The second kappa shape index (κ2) is 8.84. The van der Waals surface area contributed by atoms with E-state index >= 15 is 0 Å². The number of aromatic nitrogens is 1. The zero-order valence-electron chi connectivity index (χ0n) is 15.4. The van der Waals surface area contributed by atoms with Crippen molar-refractivity contribution in [2.45, 2.75) is 26.3 Å². The maximum absolute atomic E-state index is 12.8. The SMILES string of the molecule is CC(=O)NC(CC(=O)N1CCN(c2nc(C)cs2)CC1)c1ccc(Br)cc1. The molecular formula is C19H23BrN4O2S. The summed E-state index contributed by atoms with van der Waals surface area (Å²) in [5, 5.41) is 5.97. The molecule has 6 nitrogen and oxygen atoms in total. The summed E-state index contributed by atoms with van der Waals surface area (Å²) in [7, 11) is 0. The molecule has 1 fully saturated rings. The number of aryl methyl sites for hydroxylation is 1. The van der Waals surface area contributed by atoms with Crippen molar-refractivity contribution in [2.24, 2.45) is 0 Å². The van der Waals surface area contributed by atoms with E-state index in [2.05, 4.69) is 31.1 Å². The molecule has 1 atom stereocenters. The van der Waals surface area contributed by atoms with Crippen LogP contribution in [-0.4, -0.2) is 47.9 Å². The molecule has 0 radical (unpaired) electrons. The molecule has 1 aliphatic rings. The van der Waals surface area contributed by atoms with Crippen molar-refractivity contribution in [3.63, 3.8) is 0 Å². The highest BCUT2D eigenvalue weighted by Gasteiger charge is 2.25. The first-order chi connectivity index (χ1) is 12.9. The molecule has 2 aromatic rings. The number of nitrogens with one attached hydrogen (secondary N) is 1. The molecule has 3 rings (SSSR count). The maximum Gasteiger partial charge on any atom is 0.225 e. The zero-order valence-corrected chi connectivity index (χ0v) is 17.8. The van der Waals surface area contributed by atoms with Crippen molar-refractivity contribution in [3.05, 3.63) is 45.4 Å². The molecule has 144 valence electrons. The Hall–Kier alpha value is -1.93. The van der Waals surface area contributed by atoms with E-state index < -0.39 is 0 Å². The summed E-state index contributed by atoms with van der Waals surface area (Å²) >= 11 is 5.06. The van der Waals surface area contributed by atoms with Crippen LogP contribution in [0.1, 0.15) is 30.6 Å². The summed E-state index contributed by atoms with van der Waals surface area (Å²) in [6.45, 7) is 6.37. The van der Waals surface area contributed by atoms with Gasteiger partial charge in [-0.3, -0.25) is 9.59 Å². The van der Waals surface area contributed by atoms with E-state index in [-0.39, 0.29) is 24.3 Å². The van der Waals surface area contributed by atoms with Crippen LogP contribution in [-0.2, 0) is 9.59 Å².